The van der Waals surface area contributed by atoms with Gasteiger partial charge < -0.3 is 21.1 Å². The second kappa shape index (κ2) is 8.53. The molecule has 0 aromatic heterocycles. The van der Waals surface area contributed by atoms with Crippen LogP contribution in [-0.4, -0.2) is 31.0 Å². The normalized spacial score (nSPS) is 11.3. The standard InChI is InChI=1S/C15H20F3N3O3/c1-9(2)24-11-4-3-10(12(5-11)15(16,17)18)7-20-14(23)8-21-13(22)6-19/h3-5,9H,6-8,19H2,1-2H3,(H,20,23)(H,21,22). The summed E-state index contributed by atoms with van der Waals surface area (Å²) in [7, 11) is 0. The molecule has 0 radical (unpaired) electrons. The van der Waals surface area contributed by atoms with Gasteiger partial charge in [0.15, 0.2) is 0 Å². The minimum absolute atomic E-state index is 0.0996. The first-order valence-corrected chi connectivity index (χ1v) is 7.23. The third kappa shape index (κ3) is 6.45. The third-order valence-electron chi connectivity index (χ3n) is 2.87. The molecule has 4 N–H and O–H groups in total. The van der Waals surface area contributed by atoms with E-state index in [1.54, 1.807) is 13.8 Å². The molecule has 0 saturated carbocycles. The van der Waals surface area contributed by atoms with Crippen LogP contribution in [0.15, 0.2) is 18.2 Å². The van der Waals surface area contributed by atoms with Crippen molar-refractivity contribution in [2.75, 3.05) is 13.1 Å². The SMILES string of the molecule is CC(C)Oc1ccc(CNC(=O)CNC(=O)CN)c(C(F)(F)F)c1. The lowest BCUT2D eigenvalue weighted by Gasteiger charge is -2.17. The van der Waals surface area contributed by atoms with Crippen LogP contribution in [0.25, 0.3) is 0 Å². The Morgan fingerprint density at radius 1 is 1.21 bits per heavy atom. The molecular formula is C15H20F3N3O3. The average Bonchev–Trinajstić information content (AvgIpc) is 2.49. The monoisotopic (exact) mass is 347 g/mol. The zero-order chi connectivity index (χ0) is 18.3. The lowest BCUT2D eigenvalue weighted by molar-refractivity contribution is -0.138. The van der Waals surface area contributed by atoms with E-state index in [-0.39, 0.29) is 37.1 Å². The molecule has 0 aliphatic heterocycles. The molecule has 1 aromatic rings. The highest BCUT2D eigenvalue weighted by atomic mass is 19.4. The van der Waals surface area contributed by atoms with Crippen LogP contribution in [0.5, 0.6) is 5.75 Å². The first-order chi connectivity index (χ1) is 11.1. The zero-order valence-corrected chi connectivity index (χ0v) is 13.4. The Bertz CT molecular complexity index is 589. The van der Waals surface area contributed by atoms with Crippen LogP contribution in [0.2, 0.25) is 0 Å². The van der Waals surface area contributed by atoms with E-state index in [9.17, 15) is 22.8 Å². The van der Waals surface area contributed by atoms with Gasteiger partial charge in [0.25, 0.3) is 0 Å². The number of benzene rings is 1. The molecule has 24 heavy (non-hydrogen) atoms. The van der Waals surface area contributed by atoms with Crippen molar-refractivity contribution in [3.05, 3.63) is 29.3 Å². The number of hydrogen-bond donors (Lipinski definition) is 3. The second-order valence-corrected chi connectivity index (χ2v) is 5.24. The maximum absolute atomic E-state index is 13.2. The molecule has 134 valence electrons. The largest absolute Gasteiger partial charge is 0.491 e. The van der Waals surface area contributed by atoms with Gasteiger partial charge in [-0.05, 0) is 31.5 Å². The molecule has 1 rings (SSSR count). The van der Waals surface area contributed by atoms with Gasteiger partial charge in [-0.3, -0.25) is 9.59 Å². The number of carbonyl (C=O) groups is 2. The van der Waals surface area contributed by atoms with Crippen molar-refractivity contribution in [1.82, 2.24) is 10.6 Å². The van der Waals surface area contributed by atoms with Crippen molar-refractivity contribution < 1.29 is 27.5 Å². The highest BCUT2D eigenvalue weighted by molar-refractivity contribution is 5.85. The van der Waals surface area contributed by atoms with Crippen LogP contribution in [0.4, 0.5) is 13.2 Å². The lowest BCUT2D eigenvalue weighted by atomic mass is 10.1. The Labute approximate surface area is 137 Å². The van der Waals surface area contributed by atoms with Crippen molar-refractivity contribution in [3.8, 4) is 5.75 Å². The maximum atomic E-state index is 13.2. The quantitative estimate of drug-likeness (QED) is 0.691. The van der Waals surface area contributed by atoms with E-state index in [4.69, 9.17) is 10.5 Å². The summed E-state index contributed by atoms with van der Waals surface area (Å²) in [5.41, 5.74) is 4.08. The Morgan fingerprint density at radius 2 is 1.88 bits per heavy atom. The molecule has 1 aromatic carbocycles. The van der Waals surface area contributed by atoms with Crippen molar-refractivity contribution in [3.63, 3.8) is 0 Å². The number of nitrogens with two attached hydrogens (primary N) is 1. The molecule has 0 heterocycles. The number of alkyl halides is 3. The summed E-state index contributed by atoms with van der Waals surface area (Å²) in [6.07, 6.45) is -4.84. The molecule has 0 aliphatic rings. The number of halogens is 3. The van der Waals surface area contributed by atoms with Gasteiger partial charge in [-0.15, -0.1) is 0 Å². The summed E-state index contributed by atoms with van der Waals surface area (Å²) in [6.45, 7) is 2.46. The molecule has 0 spiro atoms. The van der Waals surface area contributed by atoms with Gasteiger partial charge in [0.05, 0.1) is 24.8 Å². The number of ether oxygens (including phenoxy) is 1. The molecule has 6 nitrogen and oxygen atoms in total. The van der Waals surface area contributed by atoms with E-state index in [0.717, 1.165) is 6.07 Å². The topological polar surface area (TPSA) is 93.5 Å². The zero-order valence-electron chi connectivity index (χ0n) is 13.4. The molecule has 0 fully saturated rings. The second-order valence-electron chi connectivity index (χ2n) is 5.24. The Morgan fingerprint density at radius 3 is 2.42 bits per heavy atom. The summed E-state index contributed by atoms with van der Waals surface area (Å²) in [6, 6.07) is 3.56. The summed E-state index contributed by atoms with van der Waals surface area (Å²) in [5.74, 6) is -1.05. The van der Waals surface area contributed by atoms with E-state index in [0.29, 0.717) is 0 Å². The molecular weight excluding hydrogens is 327 g/mol. The van der Waals surface area contributed by atoms with Crippen LogP contribution in [0, 0.1) is 0 Å². The Hall–Kier alpha value is -2.29. The minimum atomic E-state index is -4.58. The Balaban J connectivity index is 2.79. The fourth-order valence-electron chi connectivity index (χ4n) is 1.83. The summed E-state index contributed by atoms with van der Waals surface area (Å²) in [4.78, 5) is 22.5. The summed E-state index contributed by atoms with van der Waals surface area (Å²) < 4.78 is 44.7. The molecule has 0 bridgehead atoms. The van der Waals surface area contributed by atoms with Gasteiger partial charge >= 0.3 is 6.18 Å². The number of carbonyl (C=O) groups excluding carboxylic acids is 2. The van der Waals surface area contributed by atoms with Crippen molar-refractivity contribution in [1.29, 1.82) is 0 Å². The van der Waals surface area contributed by atoms with Crippen molar-refractivity contribution in [2.45, 2.75) is 32.7 Å². The molecule has 2 amide bonds. The lowest BCUT2D eigenvalue weighted by Crippen LogP contribution is -2.39. The van der Waals surface area contributed by atoms with Crippen molar-refractivity contribution in [2.24, 2.45) is 5.73 Å². The van der Waals surface area contributed by atoms with Crippen LogP contribution in [0.3, 0.4) is 0 Å². The Kier molecular flexibility index (Phi) is 7.02. The predicted octanol–water partition coefficient (Wildman–Crippen LogP) is 1.18. The highest BCUT2D eigenvalue weighted by Crippen LogP contribution is 2.34. The number of amides is 2. The fourth-order valence-corrected chi connectivity index (χ4v) is 1.83. The van der Waals surface area contributed by atoms with Gasteiger partial charge in [0.1, 0.15) is 5.75 Å². The van der Waals surface area contributed by atoms with Gasteiger partial charge in [0, 0.05) is 6.54 Å². The third-order valence-corrected chi connectivity index (χ3v) is 2.87. The van der Waals surface area contributed by atoms with Gasteiger partial charge in [-0.1, -0.05) is 6.07 Å². The van der Waals surface area contributed by atoms with E-state index in [2.05, 4.69) is 10.6 Å². The van der Waals surface area contributed by atoms with Crippen LogP contribution in [-0.2, 0) is 22.3 Å². The predicted molar refractivity (Wildman–Crippen MR) is 81.1 cm³/mol. The minimum Gasteiger partial charge on any atom is -0.491 e. The number of rotatable bonds is 7. The number of hydrogen-bond acceptors (Lipinski definition) is 4. The van der Waals surface area contributed by atoms with Gasteiger partial charge in [-0.2, -0.15) is 13.2 Å². The van der Waals surface area contributed by atoms with Crippen LogP contribution < -0.4 is 21.1 Å². The molecule has 9 heteroatoms. The number of nitrogens with one attached hydrogen (secondary N) is 2. The van der Waals surface area contributed by atoms with E-state index < -0.39 is 23.6 Å². The van der Waals surface area contributed by atoms with Gasteiger partial charge in [-0.25, -0.2) is 0 Å². The summed E-state index contributed by atoms with van der Waals surface area (Å²) >= 11 is 0. The molecule has 0 atom stereocenters. The van der Waals surface area contributed by atoms with Crippen molar-refractivity contribution >= 4 is 11.8 Å². The first-order valence-electron chi connectivity index (χ1n) is 7.23. The first kappa shape index (κ1) is 19.8. The van der Waals surface area contributed by atoms with E-state index in [1.165, 1.54) is 12.1 Å². The van der Waals surface area contributed by atoms with Crippen LogP contribution in [0.1, 0.15) is 25.0 Å². The van der Waals surface area contributed by atoms with Crippen LogP contribution >= 0.6 is 0 Å². The maximum Gasteiger partial charge on any atom is 0.416 e. The van der Waals surface area contributed by atoms with E-state index >= 15 is 0 Å². The smallest absolute Gasteiger partial charge is 0.416 e. The van der Waals surface area contributed by atoms with E-state index in [1.807, 2.05) is 0 Å². The highest BCUT2D eigenvalue weighted by Gasteiger charge is 2.33. The molecule has 0 aliphatic carbocycles. The van der Waals surface area contributed by atoms with Gasteiger partial charge in [0.2, 0.25) is 11.8 Å². The summed E-state index contributed by atoms with van der Waals surface area (Å²) in [5, 5.41) is 4.54. The molecule has 0 saturated heterocycles. The molecule has 0 unspecified atom stereocenters. The average molecular weight is 347 g/mol. The fraction of sp³-hybridized carbons (Fsp3) is 0.467.